The van der Waals surface area contributed by atoms with E-state index < -0.39 is 5.60 Å². The van der Waals surface area contributed by atoms with Crippen LogP contribution in [0.4, 0.5) is 5.69 Å². The van der Waals surface area contributed by atoms with Crippen LogP contribution in [0.2, 0.25) is 0 Å². The zero-order valence-corrected chi connectivity index (χ0v) is 14.0. The number of carbonyl (C=O) groups excluding carboxylic acids is 1. The molecular formula is C15H20N2O4S. The molecule has 1 aliphatic rings. The van der Waals surface area contributed by atoms with Gasteiger partial charge in [-0.2, -0.15) is 0 Å². The summed E-state index contributed by atoms with van der Waals surface area (Å²) >= 11 is 5.28. The maximum atomic E-state index is 11.8. The van der Waals surface area contributed by atoms with Gasteiger partial charge in [0.1, 0.15) is 12.1 Å². The van der Waals surface area contributed by atoms with Gasteiger partial charge in [-0.25, -0.2) is 0 Å². The van der Waals surface area contributed by atoms with Crippen molar-refractivity contribution in [3.05, 3.63) is 18.2 Å². The van der Waals surface area contributed by atoms with Crippen molar-refractivity contribution < 1.29 is 19.0 Å². The summed E-state index contributed by atoms with van der Waals surface area (Å²) in [6.45, 7) is 5.78. The SMILES string of the molecule is CN(CC(=O)OC(C)(C)C)C(=S)Nc1ccc2c(c1)OCO2. The van der Waals surface area contributed by atoms with Crippen molar-refractivity contribution in [3.8, 4) is 11.5 Å². The second kappa shape index (κ2) is 6.39. The van der Waals surface area contributed by atoms with Crippen molar-refractivity contribution in [1.29, 1.82) is 0 Å². The van der Waals surface area contributed by atoms with Crippen LogP contribution in [0.25, 0.3) is 0 Å². The minimum absolute atomic E-state index is 0.0770. The monoisotopic (exact) mass is 324 g/mol. The maximum absolute atomic E-state index is 11.8. The summed E-state index contributed by atoms with van der Waals surface area (Å²) in [7, 11) is 1.73. The molecule has 0 radical (unpaired) electrons. The first-order chi connectivity index (χ1) is 10.2. The molecule has 0 amide bonds. The average molecular weight is 324 g/mol. The Morgan fingerprint density at radius 3 is 2.73 bits per heavy atom. The van der Waals surface area contributed by atoms with Crippen molar-refractivity contribution in [3.63, 3.8) is 0 Å². The van der Waals surface area contributed by atoms with E-state index in [1.807, 2.05) is 26.8 Å². The number of likely N-dealkylation sites (N-methyl/N-ethyl adjacent to an activating group) is 1. The van der Waals surface area contributed by atoms with Gasteiger partial charge in [0.05, 0.1) is 0 Å². The van der Waals surface area contributed by atoms with Crippen LogP contribution in [0.15, 0.2) is 18.2 Å². The average Bonchev–Trinajstić information content (AvgIpc) is 2.83. The van der Waals surface area contributed by atoms with E-state index in [1.54, 1.807) is 24.1 Å². The molecule has 0 unspecified atom stereocenters. The number of hydrogen-bond acceptors (Lipinski definition) is 5. The number of nitrogens with zero attached hydrogens (tertiary/aromatic N) is 1. The van der Waals surface area contributed by atoms with Crippen LogP contribution in [-0.2, 0) is 9.53 Å². The molecule has 0 saturated carbocycles. The Morgan fingerprint density at radius 1 is 1.36 bits per heavy atom. The van der Waals surface area contributed by atoms with E-state index in [0.717, 1.165) is 5.69 Å². The Labute approximate surface area is 135 Å². The van der Waals surface area contributed by atoms with Gasteiger partial charge in [0.2, 0.25) is 6.79 Å². The first-order valence-electron chi connectivity index (χ1n) is 6.88. The quantitative estimate of drug-likeness (QED) is 0.676. The van der Waals surface area contributed by atoms with E-state index in [2.05, 4.69) is 5.32 Å². The highest BCUT2D eigenvalue weighted by Gasteiger charge is 2.19. The number of anilines is 1. The lowest BCUT2D eigenvalue weighted by Crippen LogP contribution is -2.38. The van der Waals surface area contributed by atoms with Gasteiger partial charge in [0.25, 0.3) is 0 Å². The highest BCUT2D eigenvalue weighted by Crippen LogP contribution is 2.34. The first-order valence-corrected chi connectivity index (χ1v) is 7.29. The van der Waals surface area contributed by atoms with E-state index in [9.17, 15) is 4.79 Å². The lowest BCUT2D eigenvalue weighted by Gasteiger charge is -2.24. The van der Waals surface area contributed by atoms with E-state index in [1.165, 1.54) is 0 Å². The fourth-order valence-corrected chi connectivity index (χ4v) is 2.01. The topological polar surface area (TPSA) is 60.0 Å². The molecule has 6 nitrogen and oxygen atoms in total. The van der Waals surface area contributed by atoms with E-state index in [-0.39, 0.29) is 19.3 Å². The highest BCUT2D eigenvalue weighted by molar-refractivity contribution is 7.80. The van der Waals surface area contributed by atoms with Crippen molar-refractivity contribution in [1.82, 2.24) is 4.90 Å². The lowest BCUT2D eigenvalue weighted by atomic mass is 10.2. The second-order valence-electron chi connectivity index (χ2n) is 5.94. The second-order valence-corrected chi connectivity index (χ2v) is 6.33. The molecule has 1 aromatic rings. The van der Waals surface area contributed by atoms with Crippen molar-refractivity contribution >= 4 is 29.0 Å². The maximum Gasteiger partial charge on any atom is 0.326 e. The third kappa shape index (κ3) is 4.49. The number of ether oxygens (including phenoxy) is 3. The van der Waals surface area contributed by atoms with Crippen molar-refractivity contribution in [2.24, 2.45) is 0 Å². The molecule has 22 heavy (non-hydrogen) atoms. The van der Waals surface area contributed by atoms with Crippen LogP contribution in [0.5, 0.6) is 11.5 Å². The van der Waals surface area contributed by atoms with Gasteiger partial charge >= 0.3 is 5.97 Å². The summed E-state index contributed by atoms with van der Waals surface area (Å²) in [4.78, 5) is 13.4. The number of carbonyl (C=O) groups is 1. The normalized spacial score (nSPS) is 12.7. The van der Waals surface area contributed by atoms with Crippen LogP contribution in [-0.4, -0.2) is 42.0 Å². The molecule has 1 aliphatic heterocycles. The zero-order valence-electron chi connectivity index (χ0n) is 13.1. The van der Waals surface area contributed by atoms with Gasteiger partial charge in [0, 0.05) is 18.8 Å². The predicted molar refractivity (Wildman–Crippen MR) is 87.3 cm³/mol. The number of fused-ring (bicyclic) bond motifs is 1. The fraction of sp³-hybridized carbons (Fsp3) is 0.467. The molecule has 0 saturated heterocycles. The number of nitrogens with one attached hydrogen (secondary N) is 1. The van der Waals surface area contributed by atoms with Crippen LogP contribution in [0.3, 0.4) is 0 Å². The summed E-state index contributed by atoms with van der Waals surface area (Å²) in [6, 6.07) is 5.44. The number of thiocarbonyl (C=S) groups is 1. The molecular weight excluding hydrogens is 304 g/mol. The van der Waals surface area contributed by atoms with Gasteiger partial charge in [-0.1, -0.05) is 0 Å². The molecule has 1 N–H and O–H groups in total. The molecule has 0 spiro atoms. The molecule has 1 heterocycles. The van der Waals surface area contributed by atoms with Crippen molar-refractivity contribution in [2.45, 2.75) is 26.4 Å². The summed E-state index contributed by atoms with van der Waals surface area (Å²) in [6.07, 6.45) is 0. The number of esters is 1. The largest absolute Gasteiger partial charge is 0.459 e. The van der Waals surface area contributed by atoms with Crippen LogP contribution in [0, 0.1) is 0 Å². The summed E-state index contributed by atoms with van der Waals surface area (Å²) in [5.74, 6) is 1.05. The molecule has 0 aliphatic carbocycles. The van der Waals surface area contributed by atoms with E-state index >= 15 is 0 Å². The molecule has 2 rings (SSSR count). The van der Waals surface area contributed by atoms with Gasteiger partial charge in [-0.15, -0.1) is 0 Å². The van der Waals surface area contributed by atoms with Gasteiger partial charge in [-0.05, 0) is 45.1 Å². The predicted octanol–water partition coefficient (Wildman–Crippen LogP) is 2.39. The Bertz CT molecular complexity index is 583. The van der Waals surface area contributed by atoms with Crippen LogP contribution < -0.4 is 14.8 Å². The molecule has 120 valence electrons. The third-order valence-corrected chi connectivity index (χ3v) is 3.17. The van der Waals surface area contributed by atoms with Gasteiger partial charge in [0.15, 0.2) is 16.6 Å². The van der Waals surface area contributed by atoms with Gasteiger partial charge in [-0.3, -0.25) is 4.79 Å². The van der Waals surface area contributed by atoms with Gasteiger partial charge < -0.3 is 24.4 Å². The number of hydrogen-bond donors (Lipinski definition) is 1. The standard InChI is InChI=1S/C15H20N2O4S/c1-15(2,3)21-13(18)8-17(4)14(22)16-10-5-6-11-12(7-10)20-9-19-11/h5-7H,8-9H2,1-4H3,(H,16,22). The zero-order chi connectivity index (χ0) is 16.3. The summed E-state index contributed by atoms with van der Waals surface area (Å²) in [5, 5.41) is 3.47. The Hall–Kier alpha value is -2.02. The molecule has 0 atom stereocenters. The Morgan fingerprint density at radius 2 is 2.05 bits per heavy atom. The van der Waals surface area contributed by atoms with Crippen LogP contribution in [0.1, 0.15) is 20.8 Å². The molecule has 7 heteroatoms. The minimum atomic E-state index is -0.510. The molecule has 0 aromatic heterocycles. The number of benzene rings is 1. The smallest absolute Gasteiger partial charge is 0.326 e. The Kier molecular flexibility index (Phi) is 4.75. The summed E-state index contributed by atoms with van der Waals surface area (Å²) in [5.41, 5.74) is 0.259. The number of rotatable bonds is 3. The van der Waals surface area contributed by atoms with Crippen LogP contribution >= 0.6 is 12.2 Å². The Balaban J connectivity index is 1.90. The minimum Gasteiger partial charge on any atom is -0.459 e. The molecule has 1 aromatic carbocycles. The third-order valence-electron chi connectivity index (χ3n) is 2.76. The first kappa shape index (κ1) is 16.4. The summed E-state index contributed by atoms with van der Waals surface area (Å²) < 4.78 is 15.8. The molecule has 0 bridgehead atoms. The highest BCUT2D eigenvalue weighted by atomic mass is 32.1. The lowest BCUT2D eigenvalue weighted by molar-refractivity contribution is -0.154. The fourth-order valence-electron chi connectivity index (χ4n) is 1.83. The van der Waals surface area contributed by atoms with E-state index in [4.69, 9.17) is 26.4 Å². The van der Waals surface area contributed by atoms with Crippen molar-refractivity contribution in [2.75, 3.05) is 25.7 Å². The van der Waals surface area contributed by atoms with E-state index in [0.29, 0.717) is 16.6 Å². The molecule has 0 fully saturated rings.